The van der Waals surface area contributed by atoms with Gasteiger partial charge in [-0.1, -0.05) is 24.3 Å². The van der Waals surface area contributed by atoms with Gasteiger partial charge in [0.2, 0.25) is 0 Å². The van der Waals surface area contributed by atoms with E-state index in [1.807, 2.05) is 12.1 Å². The zero-order valence-corrected chi connectivity index (χ0v) is 9.89. The second-order valence-corrected chi connectivity index (χ2v) is 3.22. The SMILES string of the molecule is [Cu].[F-].[F-].[F-].c1cnc2c(c1)ccc1cccnc12. The third-order valence-electron chi connectivity index (χ3n) is 2.34. The Bertz CT molecular complexity index is 564. The fraction of sp³-hybridized carbons (Fsp3) is 0. The standard InChI is InChI=1S/C12H8N2.Cu.3FH/c1-3-9-5-6-10-4-2-8-14-12(10)11(9)13-7-1;;;;/h1-8H;;3*1H/p-3. The Hall–Kier alpha value is -1.65. The summed E-state index contributed by atoms with van der Waals surface area (Å²) in [6.07, 6.45) is 3.60. The molecule has 0 aliphatic heterocycles. The van der Waals surface area contributed by atoms with Gasteiger partial charge in [-0.15, -0.1) is 0 Å². The molecule has 1 aromatic carbocycles. The molecular weight excluding hydrogens is 293 g/mol. The molecule has 2 heterocycles. The van der Waals surface area contributed by atoms with Crippen molar-refractivity contribution in [2.24, 2.45) is 0 Å². The van der Waals surface area contributed by atoms with E-state index in [2.05, 4.69) is 34.2 Å². The Morgan fingerprint density at radius 2 is 1.00 bits per heavy atom. The Morgan fingerprint density at radius 3 is 1.39 bits per heavy atom. The number of benzene rings is 1. The summed E-state index contributed by atoms with van der Waals surface area (Å²) in [5.74, 6) is 0. The smallest absolute Gasteiger partial charge is 0.0964 e. The largest absolute Gasteiger partial charge is 1.00 e. The molecule has 0 saturated heterocycles. The number of halogens is 3. The van der Waals surface area contributed by atoms with Crippen LogP contribution >= 0.6 is 0 Å². The number of hydrogen-bond donors (Lipinski definition) is 0. The third kappa shape index (κ3) is 2.97. The van der Waals surface area contributed by atoms with Gasteiger partial charge in [0.25, 0.3) is 0 Å². The van der Waals surface area contributed by atoms with Crippen LogP contribution in [0.25, 0.3) is 21.8 Å². The molecule has 0 saturated carbocycles. The van der Waals surface area contributed by atoms with Crippen LogP contribution in [0.15, 0.2) is 48.8 Å². The molecule has 0 spiro atoms. The fourth-order valence-corrected chi connectivity index (χ4v) is 1.68. The summed E-state index contributed by atoms with van der Waals surface area (Å²) in [5.41, 5.74) is 1.95. The first-order valence-corrected chi connectivity index (χ1v) is 4.53. The van der Waals surface area contributed by atoms with E-state index in [9.17, 15) is 0 Å². The van der Waals surface area contributed by atoms with Crippen LogP contribution in [-0.2, 0) is 17.1 Å². The molecule has 0 N–H and O–H groups in total. The van der Waals surface area contributed by atoms with Crippen LogP contribution in [0.5, 0.6) is 0 Å². The zero-order valence-electron chi connectivity index (χ0n) is 8.95. The molecule has 6 heteroatoms. The predicted octanol–water partition coefficient (Wildman–Crippen LogP) is -6.21. The average molecular weight is 301 g/mol. The van der Waals surface area contributed by atoms with Gasteiger partial charge in [-0.25, -0.2) is 0 Å². The van der Waals surface area contributed by atoms with Gasteiger partial charge in [-0.3, -0.25) is 9.97 Å². The summed E-state index contributed by atoms with van der Waals surface area (Å²) in [4.78, 5) is 8.69. The van der Waals surface area contributed by atoms with E-state index in [1.165, 1.54) is 0 Å². The molecule has 2 nitrogen and oxygen atoms in total. The molecule has 0 atom stereocenters. The first-order chi connectivity index (χ1) is 6.95. The van der Waals surface area contributed by atoms with Crippen LogP contribution in [0, 0.1) is 0 Å². The van der Waals surface area contributed by atoms with Crippen molar-refractivity contribution in [3.63, 3.8) is 0 Å². The van der Waals surface area contributed by atoms with Crippen molar-refractivity contribution < 1.29 is 31.2 Å². The van der Waals surface area contributed by atoms with E-state index in [-0.39, 0.29) is 31.2 Å². The summed E-state index contributed by atoms with van der Waals surface area (Å²) < 4.78 is 0. The van der Waals surface area contributed by atoms with Gasteiger partial charge in [0, 0.05) is 40.2 Å². The minimum atomic E-state index is 0. The van der Waals surface area contributed by atoms with Crippen LogP contribution < -0.4 is 14.1 Å². The van der Waals surface area contributed by atoms with Gasteiger partial charge < -0.3 is 14.1 Å². The Labute approximate surface area is 112 Å². The van der Waals surface area contributed by atoms with Crippen molar-refractivity contribution in [2.75, 3.05) is 0 Å². The Morgan fingerprint density at radius 1 is 0.611 bits per heavy atom. The molecule has 1 radical (unpaired) electrons. The molecule has 0 bridgehead atoms. The van der Waals surface area contributed by atoms with Crippen LogP contribution in [0.3, 0.4) is 0 Å². The molecule has 2 aromatic heterocycles. The molecule has 18 heavy (non-hydrogen) atoms. The maximum absolute atomic E-state index is 4.35. The summed E-state index contributed by atoms with van der Waals surface area (Å²) in [6, 6.07) is 12.1. The van der Waals surface area contributed by atoms with Crippen molar-refractivity contribution in [3.8, 4) is 0 Å². The maximum Gasteiger partial charge on any atom is 0.0964 e. The third-order valence-corrected chi connectivity index (χ3v) is 2.34. The van der Waals surface area contributed by atoms with E-state index in [4.69, 9.17) is 0 Å². The molecule has 0 unspecified atom stereocenters. The van der Waals surface area contributed by atoms with Gasteiger partial charge in [0.05, 0.1) is 11.0 Å². The predicted molar refractivity (Wildman–Crippen MR) is 57.0 cm³/mol. The molecule has 3 rings (SSSR count). The summed E-state index contributed by atoms with van der Waals surface area (Å²) in [5, 5.41) is 2.28. The van der Waals surface area contributed by atoms with Gasteiger partial charge in [-0.2, -0.15) is 0 Å². The summed E-state index contributed by atoms with van der Waals surface area (Å²) in [7, 11) is 0. The number of fused-ring (bicyclic) bond motifs is 3. The molecule has 0 aliphatic carbocycles. The molecule has 101 valence electrons. The van der Waals surface area contributed by atoms with Crippen LogP contribution in [0.2, 0.25) is 0 Å². The first kappa shape index (κ1) is 18.7. The number of nitrogens with zero attached hydrogens (tertiary/aromatic N) is 2. The minimum absolute atomic E-state index is 0. The monoisotopic (exact) mass is 300 g/mol. The number of aromatic nitrogens is 2. The second-order valence-electron chi connectivity index (χ2n) is 3.22. The van der Waals surface area contributed by atoms with Gasteiger partial charge in [-0.05, 0) is 12.1 Å². The molecule has 0 aliphatic rings. The van der Waals surface area contributed by atoms with E-state index >= 15 is 0 Å². The number of pyridine rings is 2. The van der Waals surface area contributed by atoms with E-state index in [1.54, 1.807) is 12.4 Å². The van der Waals surface area contributed by atoms with Crippen molar-refractivity contribution in [2.45, 2.75) is 0 Å². The quantitative estimate of drug-likeness (QED) is 0.305. The van der Waals surface area contributed by atoms with E-state index in [0.717, 1.165) is 21.8 Å². The number of rotatable bonds is 0. The van der Waals surface area contributed by atoms with Crippen molar-refractivity contribution >= 4 is 21.8 Å². The van der Waals surface area contributed by atoms with Gasteiger partial charge in [0.1, 0.15) is 0 Å². The van der Waals surface area contributed by atoms with Crippen molar-refractivity contribution in [1.82, 2.24) is 9.97 Å². The fourth-order valence-electron chi connectivity index (χ4n) is 1.68. The molecular formula is C12H8CuF3N2-3. The zero-order chi connectivity index (χ0) is 9.38. The minimum Gasteiger partial charge on any atom is -1.00 e. The van der Waals surface area contributed by atoms with E-state index < -0.39 is 0 Å². The van der Waals surface area contributed by atoms with Crippen LogP contribution in [-0.4, -0.2) is 9.97 Å². The number of hydrogen-bond acceptors (Lipinski definition) is 2. The van der Waals surface area contributed by atoms with Crippen LogP contribution in [0.4, 0.5) is 0 Å². The first-order valence-electron chi connectivity index (χ1n) is 4.53. The topological polar surface area (TPSA) is 25.8 Å². The maximum atomic E-state index is 4.35. The molecule has 0 amide bonds. The van der Waals surface area contributed by atoms with Gasteiger partial charge >= 0.3 is 0 Å². The second kappa shape index (κ2) is 7.63. The molecule has 3 aromatic rings. The normalized spacial score (nSPS) is 8.44. The summed E-state index contributed by atoms with van der Waals surface area (Å²) in [6.45, 7) is 0. The average Bonchev–Trinajstić information content (AvgIpc) is 2.29. The Kier molecular flexibility index (Phi) is 7.93. The van der Waals surface area contributed by atoms with Crippen molar-refractivity contribution in [1.29, 1.82) is 0 Å². The Balaban J connectivity index is 0. The van der Waals surface area contributed by atoms with Crippen molar-refractivity contribution in [3.05, 3.63) is 48.8 Å². The summed E-state index contributed by atoms with van der Waals surface area (Å²) >= 11 is 0. The van der Waals surface area contributed by atoms with Gasteiger partial charge in [0.15, 0.2) is 0 Å². The van der Waals surface area contributed by atoms with E-state index in [0.29, 0.717) is 0 Å². The van der Waals surface area contributed by atoms with Crippen LogP contribution in [0.1, 0.15) is 0 Å². The molecule has 0 fully saturated rings.